The van der Waals surface area contributed by atoms with Crippen molar-refractivity contribution in [3.63, 3.8) is 0 Å². The summed E-state index contributed by atoms with van der Waals surface area (Å²) in [6, 6.07) is 6.44. The minimum Gasteiger partial charge on any atom is -0.481 e. The van der Waals surface area contributed by atoms with Crippen LogP contribution in [0.2, 0.25) is 0 Å². The molecule has 6 heteroatoms. The molecule has 3 rings (SSSR count). The number of hydrogen-bond acceptors (Lipinski definition) is 5. The molecule has 24 heavy (non-hydrogen) atoms. The van der Waals surface area contributed by atoms with Crippen LogP contribution in [0.5, 0.6) is 0 Å². The fourth-order valence-corrected chi connectivity index (χ4v) is 3.09. The summed E-state index contributed by atoms with van der Waals surface area (Å²) < 4.78 is 5.15. The standard InChI is InChI=1S/C18H14O6/c1-9(19)24-18-10(8-14(20)21)6-7-13-15(18)17(23)12-5-3-2-4-11(12)16(13)22/h2-5H,6-8H2,1H3,(H,20,21). The third-order valence-electron chi connectivity index (χ3n) is 4.05. The number of benzene rings is 1. The normalized spacial score (nSPS) is 16.7. The minimum absolute atomic E-state index is 0.0244. The SMILES string of the molecule is CC(=O)OC1=C(CC(=O)O)CCC2=C1C(=O)c1ccccc1C2=O. The summed E-state index contributed by atoms with van der Waals surface area (Å²) >= 11 is 0. The number of rotatable bonds is 3. The molecule has 0 aromatic heterocycles. The number of esters is 1. The Morgan fingerprint density at radius 3 is 2.29 bits per heavy atom. The molecular formula is C18H14O6. The number of carboxylic acid groups (broad SMARTS) is 1. The molecule has 6 nitrogen and oxygen atoms in total. The zero-order valence-corrected chi connectivity index (χ0v) is 12.9. The summed E-state index contributed by atoms with van der Waals surface area (Å²) in [4.78, 5) is 48.0. The molecule has 0 saturated carbocycles. The van der Waals surface area contributed by atoms with Crippen molar-refractivity contribution in [2.45, 2.75) is 26.2 Å². The van der Waals surface area contributed by atoms with Crippen molar-refractivity contribution in [1.29, 1.82) is 0 Å². The fraction of sp³-hybridized carbons (Fsp3) is 0.222. The number of fused-ring (bicyclic) bond motifs is 1. The zero-order chi connectivity index (χ0) is 17.4. The summed E-state index contributed by atoms with van der Waals surface area (Å²) in [5, 5.41) is 9.05. The van der Waals surface area contributed by atoms with Gasteiger partial charge in [-0.3, -0.25) is 19.2 Å². The van der Waals surface area contributed by atoms with E-state index < -0.39 is 17.7 Å². The molecule has 2 aliphatic carbocycles. The van der Waals surface area contributed by atoms with Gasteiger partial charge in [-0.1, -0.05) is 24.3 Å². The molecule has 0 atom stereocenters. The second kappa shape index (κ2) is 5.88. The van der Waals surface area contributed by atoms with E-state index >= 15 is 0 Å². The molecule has 1 aromatic rings. The maximum Gasteiger partial charge on any atom is 0.308 e. The van der Waals surface area contributed by atoms with Crippen LogP contribution in [0.15, 0.2) is 46.7 Å². The molecule has 2 aliphatic rings. The van der Waals surface area contributed by atoms with Gasteiger partial charge in [0.25, 0.3) is 0 Å². The maximum atomic E-state index is 12.8. The van der Waals surface area contributed by atoms with Crippen molar-refractivity contribution < 1.29 is 29.0 Å². The molecule has 0 amide bonds. The zero-order valence-electron chi connectivity index (χ0n) is 12.9. The maximum absolute atomic E-state index is 12.8. The first kappa shape index (κ1) is 15.9. The van der Waals surface area contributed by atoms with Crippen LogP contribution in [-0.2, 0) is 14.3 Å². The van der Waals surface area contributed by atoms with Crippen molar-refractivity contribution >= 4 is 23.5 Å². The third kappa shape index (κ3) is 2.56. The number of ketones is 2. The van der Waals surface area contributed by atoms with E-state index in [0.717, 1.165) is 0 Å². The summed E-state index contributed by atoms with van der Waals surface area (Å²) in [6.45, 7) is 1.17. The van der Waals surface area contributed by atoms with E-state index in [9.17, 15) is 19.2 Å². The van der Waals surface area contributed by atoms with Crippen LogP contribution in [0, 0.1) is 0 Å². The molecular weight excluding hydrogens is 312 g/mol. The first-order chi connectivity index (χ1) is 11.4. The molecule has 1 N–H and O–H groups in total. The topological polar surface area (TPSA) is 97.7 Å². The minimum atomic E-state index is -1.09. The Morgan fingerprint density at radius 1 is 1.08 bits per heavy atom. The number of Topliss-reactive ketones (excluding diaryl/α,β-unsaturated/α-hetero) is 2. The molecule has 0 heterocycles. The third-order valence-corrected chi connectivity index (χ3v) is 4.05. The van der Waals surface area contributed by atoms with Gasteiger partial charge in [0.1, 0.15) is 5.76 Å². The van der Waals surface area contributed by atoms with Gasteiger partial charge < -0.3 is 9.84 Å². The summed E-state index contributed by atoms with van der Waals surface area (Å²) in [6.07, 6.45) is 0.166. The van der Waals surface area contributed by atoms with E-state index in [4.69, 9.17) is 9.84 Å². The Kier molecular flexibility index (Phi) is 3.89. The lowest BCUT2D eigenvalue weighted by Gasteiger charge is -2.27. The van der Waals surface area contributed by atoms with Crippen molar-refractivity contribution in [3.05, 3.63) is 57.9 Å². The molecule has 0 fully saturated rings. The molecule has 122 valence electrons. The highest BCUT2D eigenvalue weighted by molar-refractivity contribution is 6.28. The van der Waals surface area contributed by atoms with E-state index in [1.165, 1.54) is 13.0 Å². The Balaban J connectivity index is 2.19. The predicted octanol–water partition coefficient (Wildman–Crippen LogP) is 2.45. The van der Waals surface area contributed by atoms with E-state index in [-0.39, 0.29) is 47.5 Å². The van der Waals surface area contributed by atoms with Crippen LogP contribution in [0.1, 0.15) is 46.9 Å². The number of carbonyl (C=O) groups excluding carboxylic acids is 3. The van der Waals surface area contributed by atoms with Crippen molar-refractivity contribution in [2.75, 3.05) is 0 Å². The number of carboxylic acids is 1. The Hall–Kier alpha value is -3.02. The lowest BCUT2D eigenvalue weighted by atomic mass is 9.77. The Labute approximate surface area is 137 Å². The van der Waals surface area contributed by atoms with Gasteiger partial charge in [-0.15, -0.1) is 0 Å². The molecule has 0 saturated heterocycles. The van der Waals surface area contributed by atoms with Crippen LogP contribution in [0.3, 0.4) is 0 Å². The largest absolute Gasteiger partial charge is 0.481 e. The average molecular weight is 326 g/mol. The lowest BCUT2D eigenvalue weighted by molar-refractivity contribution is -0.138. The van der Waals surface area contributed by atoms with E-state index in [1.54, 1.807) is 18.2 Å². The quantitative estimate of drug-likeness (QED) is 0.857. The van der Waals surface area contributed by atoms with Crippen molar-refractivity contribution in [1.82, 2.24) is 0 Å². The van der Waals surface area contributed by atoms with Gasteiger partial charge in [0.2, 0.25) is 0 Å². The van der Waals surface area contributed by atoms with Gasteiger partial charge in [0.05, 0.1) is 12.0 Å². The highest BCUT2D eigenvalue weighted by Gasteiger charge is 2.38. The van der Waals surface area contributed by atoms with Gasteiger partial charge >= 0.3 is 11.9 Å². The highest BCUT2D eigenvalue weighted by Crippen LogP contribution is 2.39. The first-order valence-electron chi connectivity index (χ1n) is 7.44. The number of aliphatic carboxylic acids is 1. The van der Waals surface area contributed by atoms with Gasteiger partial charge in [-0.2, -0.15) is 0 Å². The van der Waals surface area contributed by atoms with Gasteiger partial charge in [-0.25, -0.2) is 0 Å². The molecule has 0 spiro atoms. The highest BCUT2D eigenvalue weighted by atomic mass is 16.5. The number of hydrogen-bond donors (Lipinski definition) is 1. The second-order valence-electron chi connectivity index (χ2n) is 5.65. The Morgan fingerprint density at radius 2 is 1.71 bits per heavy atom. The van der Waals surface area contributed by atoms with Gasteiger partial charge in [0, 0.05) is 23.6 Å². The van der Waals surface area contributed by atoms with Gasteiger partial charge in [-0.05, 0) is 18.4 Å². The molecule has 0 aliphatic heterocycles. The predicted molar refractivity (Wildman–Crippen MR) is 82.4 cm³/mol. The number of carbonyl (C=O) groups is 4. The first-order valence-corrected chi connectivity index (χ1v) is 7.44. The smallest absolute Gasteiger partial charge is 0.308 e. The van der Waals surface area contributed by atoms with E-state index in [0.29, 0.717) is 11.1 Å². The summed E-state index contributed by atoms with van der Waals surface area (Å²) in [7, 11) is 0. The van der Waals surface area contributed by atoms with Crippen LogP contribution in [-0.4, -0.2) is 28.6 Å². The van der Waals surface area contributed by atoms with Crippen LogP contribution < -0.4 is 0 Å². The average Bonchev–Trinajstić information content (AvgIpc) is 2.53. The van der Waals surface area contributed by atoms with Crippen LogP contribution in [0.4, 0.5) is 0 Å². The molecule has 1 aromatic carbocycles. The Bertz CT molecular complexity index is 856. The second-order valence-corrected chi connectivity index (χ2v) is 5.65. The van der Waals surface area contributed by atoms with Crippen LogP contribution in [0.25, 0.3) is 0 Å². The van der Waals surface area contributed by atoms with E-state index in [1.807, 2.05) is 0 Å². The lowest BCUT2D eigenvalue weighted by Crippen LogP contribution is -2.27. The van der Waals surface area contributed by atoms with Gasteiger partial charge in [0.15, 0.2) is 11.6 Å². The van der Waals surface area contributed by atoms with Crippen molar-refractivity contribution in [3.8, 4) is 0 Å². The fourth-order valence-electron chi connectivity index (χ4n) is 3.09. The number of ether oxygens (including phenoxy) is 1. The molecule has 0 unspecified atom stereocenters. The summed E-state index contributed by atoms with van der Waals surface area (Å²) in [5.74, 6) is -2.52. The molecule has 0 radical (unpaired) electrons. The van der Waals surface area contributed by atoms with E-state index in [2.05, 4.69) is 0 Å². The number of allylic oxidation sites excluding steroid dienone is 2. The van der Waals surface area contributed by atoms with Crippen molar-refractivity contribution in [2.24, 2.45) is 0 Å². The van der Waals surface area contributed by atoms with Crippen LogP contribution >= 0.6 is 0 Å². The summed E-state index contributed by atoms with van der Waals surface area (Å²) in [5.41, 5.74) is 1.21. The molecule has 0 bridgehead atoms. The monoisotopic (exact) mass is 326 g/mol.